The molecule has 1 aromatic heterocycles. The van der Waals surface area contributed by atoms with E-state index in [0.29, 0.717) is 16.3 Å². The van der Waals surface area contributed by atoms with Gasteiger partial charge >= 0.3 is 12.1 Å². The number of hydrogen-bond donors (Lipinski definition) is 2. The zero-order chi connectivity index (χ0) is 24.9. The van der Waals surface area contributed by atoms with E-state index in [1.165, 1.54) is 12.1 Å². The third kappa shape index (κ3) is 4.53. The number of benzene rings is 2. The fraction of sp³-hybridized carbons (Fsp3) is 0.217. The fourth-order valence-electron chi connectivity index (χ4n) is 4.01. The van der Waals surface area contributed by atoms with Crippen molar-refractivity contribution in [1.29, 1.82) is 0 Å². The number of amidine groups is 1. The molecule has 2 N–H and O–H groups in total. The van der Waals surface area contributed by atoms with Crippen LogP contribution in [0.1, 0.15) is 16.7 Å². The number of carbonyl (C=O) groups is 2. The Morgan fingerprint density at radius 2 is 2.00 bits per heavy atom. The molecule has 0 atom stereocenters. The van der Waals surface area contributed by atoms with E-state index in [1.54, 1.807) is 29.3 Å². The zero-order valence-electron chi connectivity index (χ0n) is 17.8. The molecular formula is C23H16ClF3N4O3S. The molecule has 2 aliphatic rings. The molecule has 3 aromatic rings. The monoisotopic (exact) mass is 520 g/mol. The first kappa shape index (κ1) is 23.4. The van der Waals surface area contributed by atoms with E-state index in [1.807, 2.05) is 0 Å². The summed E-state index contributed by atoms with van der Waals surface area (Å²) in [5, 5.41) is 16.9. The highest BCUT2D eigenvalue weighted by molar-refractivity contribution is 8.18. The van der Waals surface area contributed by atoms with Crippen molar-refractivity contribution >= 4 is 56.9 Å². The highest BCUT2D eigenvalue weighted by atomic mass is 35.5. The van der Waals surface area contributed by atoms with Gasteiger partial charge in [0, 0.05) is 23.5 Å². The van der Waals surface area contributed by atoms with Crippen LogP contribution in [0.3, 0.4) is 0 Å². The summed E-state index contributed by atoms with van der Waals surface area (Å²) in [5.41, 5.74) is 0.763. The van der Waals surface area contributed by atoms with Crippen LogP contribution in [0.25, 0.3) is 16.5 Å². The second kappa shape index (κ2) is 8.72. The normalized spacial score (nSPS) is 18.1. The third-order valence-electron chi connectivity index (χ3n) is 5.89. The van der Waals surface area contributed by atoms with Gasteiger partial charge in [0.2, 0.25) is 0 Å². The molecule has 180 valence electrons. The molecule has 0 spiro atoms. The van der Waals surface area contributed by atoms with Gasteiger partial charge in [0.05, 0.1) is 28.1 Å². The number of aliphatic carboxylic acids is 1. The van der Waals surface area contributed by atoms with Gasteiger partial charge in [-0.1, -0.05) is 23.7 Å². The van der Waals surface area contributed by atoms with E-state index in [-0.39, 0.29) is 35.0 Å². The number of carbonyl (C=O) groups excluding carboxylic acids is 1. The smallest absolute Gasteiger partial charge is 0.416 e. The molecule has 5 rings (SSSR count). The Balaban J connectivity index is 1.56. The van der Waals surface area contributed by atoms with Gasteiger partial charge in [0.15, 0.2) is 5.17 Å². The first-order valence-electron chi connectivity index (χ1n) is 10.4. The van der Waals surface area contributed by atoms with Gasteiger partial charge in [-0.2, -0.15) is 23.3 Å². The number of nitrogens with zero attached hydrogens (tertiary/aromatic N) is 3. The van der Waals surface area contributed by atoms with Crippen molar-refractivity contribution in [3.63, 3.8) is 0 Å². The van der Waals surface area contributed by atoms with Crippen molar-refractivity contribution in [2.75, 3.05) is 13.1 Å². The van der Waals surface area contributed by atoms with E-state index in [9.17, 15) is 22.8 Å². The molecular weight excluding hydrogens is 505 g/mol. The molecule has 12 heteroatoms. The topological polar surface area (TPSA) is 98.6 Å². The van der Waals surface area contributed by atoms with Crippen molar-refractivity contribution < 1.29 is 27.9 Å². The molecule has 0 saturated carbocycles. The number of hydrogen-bond acceptors (Lipinski definition) is 5. The van der Waals surface area contributed by atoms with E-state index in [2.05, 4.69) is 15.2 Å². The number of alkyl halides is 3. The number of fused-ring (bicyclic) bond motifs is 1. The van der Waals surface area contributed by atoms with Gasteiger partial charge in [-0.05, 0) is 59.1 Å². The van der Waals surface area contributed by atoms with Gasteiger partial charge < -0.3 is 10.0 Å². The number of halogens is 4. The summed E-state index contributed by atoms with van der Waals surface area (Å²) in [6.07, 6.45) is -3.24. The molecule has 3 heterocycles. The van der Waals surface area contributed by atoms with Crippen molar-refractivity contribution in [2.45, 2.75) is 12.6 Å². The maximum absolute atomic E-state index is 13.8. The summed E-state index contributed by atoms with van der Waals surface area (Å²) in [7, 11) is 0. The Morgan fingerprint density at radius 1 is 1.23 bits per heavy atom. The minimum Gasteiger partial charge on any atom is -0.481 e. The molecule has 1 saturated heterocycles. The van der Waals surface area contributed by atoms with Gasteiger partial charge in [-0.25, -0.2) is 0 Å². The molecule has 0 bridgehead atoms. The fourth-order valence-corrected chi connectivity index (χ4v) is 5.22. The minimum atomic E-state index is -4.64. The maximum Gasteiger partial charge on any atom is 0.416 e. The summed E-state index contributed by atoms with van der Waals surface area (Å²) >= 11 is 6.89. The Labute approximate surface area is 205 Å². The zero-order valence-corrected chi connectivity index (χ0v) is 19.3. The molecule has 1 fully saturated rings. The number of allylic oxidation sites excluding steroid dienone is 1. The molecule has 1 amide bonds. The van der Waals surface area contributed by atoms with Crippen LogP contribution in [-0.2, 0) is 22.2 Å². The van der Waals surface area contributed by atoms with Crippen LogP contribution in [0.2, 0.25) is 5.02 Å². The van der Waals surface area contributed by atoms with E-state index >= 15 is 0 Å². The predicted molar refractivity (Wildman–Crippen MR) is 126 cm³/mol. The molecule has 0 aliphatic carbocycles. The summed E-state index contributed by atoms with van der Waals surface area (Å²) < 4.78 is 41.4. The van der Waals surface area contributed by atoms with E-state index < -0.39 is 29.5 Å². The van der Waals surface area contributed by atoms with Gasteiger partial charge in [-0.15, -0.1) is 0 Å². The second-order valence-corrected chi connectivity index (χ2v) is 9.61. The van der Waals surface area contributed by atoms with Crippen LogP contribution in [-0.4, -0.2) is 50.3 Å². The van der Waals surface area contributed by atoms with Crippen LogP contribution in [0.4, 0.5) is 13.2 Å². The largest absolute Gasteiger partial charge is 0.481 e. The van der Waals surface area contributed by atoms with Gasteiger partial charge in [0.1, 0.15) is 0 Å². The first-order valence-corrected chi connectivity index (χ1v) is 11.6. The lowest BCUT2D eigenvalue weighted by Gasteiger charge is -2.37. The summed E-state index contributed by atoms with van der Waals surface area (Å²) in [4.78, 5) is 30.0. The standard InChI is InChI=1S/C23H16ClF3N4O3S/c24-15-3-1-12(17(7-15)23(25,26)27)6-16(11-2-4-18-13(5-11)8-28-30-18)19-20(32)29-22(35-19)31-9-14(10-31)21(33)34/h1-5,7-8,14H,6,9-10H2,(H,28,30)(H,33,34). The van der Waals surface area contributed by atoms with Crippen LogP contribution in [0.5, 0.6) is 0 Å². The SMILES string of the molecule is O=C1N=C(N2CC(C(=O)O)C2)SC1=C(Cc1ccc(Cl)cc1C(F)(F)F)c1ccc2[nH]ncc2c1. The maximum atomic E-state index is 13.8. The number of aromatic amines is 1. The second-order valence-electron chi connectivity index (χ2n) is 8.20. The summed E-state index contributed by atoms with van der Waals surface area (Å²) in [6.45, 7) is 0.431. The van der Waals surface area contributed by atoms with Crippen LogP contribution in [0.15, 0.2) is 52.5 Å². The number of carboxylic acids is 1. The van der Waals surface area contributed by atoms with Crippen molar-refractivity contribution in [1.82, 2.24) is 15.1 Å². The number of likely N-dealkylation sites (tertiary alicyclic amines) is 1. The predicted octanol–water partition coefficient (Wildman–Crippen LogP) is 4.83. The quantitative estimate of drug-likeness (QED) is 0.478. The van der Waals surface area contributed by atoms with Crippen LogP contribution < -0.4 is 0 Å². The number of amides is 1. The number of rotatable bonds is 4. The lowest BCUT2D eigenvalue weighted by Crippen LogP contribution is -2.51. The minimum absolute atomic E-state index is 0.0339. The van der Waals surface area contributed by atoms with E-state index in [0.717, 1.165) is 28.7 Å². The highest BCUT2D eigenvalue weighted by Gasteiger charge is 2.39. The van der Waals surface area contributed by atoms with E-state index in [4.69, 9.17) is 16.7 Å². The molecule has 35 heavy (non-hydrogen) atoms. The molecule has 0 radical (unpaired) electrons. The van der Waals surface area contributed by atoms with Gasteiger partial charge in [-0.3, -0.25) is 14.7 Å². The Hall–Kier alpha value is -3.31. The summed E-state index contributed by atoms with van der Waals surface area (Å²) in [5.74, 6) is -2.05. The Kier molecular flexibility index (Phi) is 5.84. The highest BCUT2D eigenvalue weighted by Crippen LogP contribution is 2.41. The lowest BCUT2D eigenvalue weighted by molar-refractivity contribution is -0.145. The molecule has 2 aromatic carbocycles. The van der Waals surface area contributed by atoms with Crippen molar-refractivity contribution in [3.05, 3.63) is 69.2 Å². The third-order valence-corrected chi connectivity index (χ3v) is 7.29. The number of aromatic nitrogens is 2. The van der Waals surface area contributed by atoms with Crippen LogP contribution in [0, 0.1) is 5.92 Å². The molecule has 7 nitrogen and oxygen atoms in total. The number of carboxylic acid groups (broad SMARTS) is 1. The number of aliphatic imine (C=N–C) groups is 1. The average molecular weight is 521 g/mol. The Morgan fingerprint density at radius 3 is 2.71 bits per heavy atom. The van der Waals surface area contributed by atoms with Crippen LogP contribution >= 0.6 is 23.4 Å². The number of nitrogens with one attached hydrogen (secondary N) is 1. The summed E-state index contributed by atoms with van der Waals surface area (Å²) in [6, 6.07) is 8.76. The van der Waals surface area contributed by atoms with Crippen molar-refractivity contribution in [3.8, 4) is 0 Å². The Bertz CT molecular complexity index is 1430. The lowest BCUT2D eigenvalue weighted by atomic mass is 9.93. The van der Waals surface area contributed by atoms with Crippen molar-refractivity contribution in [2.24, 2.45) is 10.9 Å². The molecule has 2 aliphatic heterocycles. The average Bonchev–Trinajstić information content (AvgIpc) is 3.37. The number of H-pyrrole nitrogens is 1. The molecule has 0 unspecified atom stereocenters. The number of thioether (sulfide) groups is 1. The first-order chi connectivity index (χ1) is 16.6. The van der Waals surface area contributed by atoms with Gasteiger partial charge in [0.25, 0.3) is 5.91 Å².